The lowest BCUT2D eigenvalue weighted by atomic mass is 10.2. The highest BCUT2D eigenvalue weighted by Gasteiger charge is 2.17. The Kier molecular flexibility index (Phi) is 6.94. The number of hydrogen-bond acceptors (Lipinski definition) is 6. The first-order valence-corrected chi connectivity index (χ1v) is 11.0. The summed E-state index contributed by atoms with van der Waals surface area (Å²) in [6, 6.07) is 12.6. The van der Waals surface area contributed by atoms with E-state index in [1.165, 1.54) is 24.3 Å². The van der Waals surface area contributed by atoms with Crippen molar-refractivity contribution in [1.82, 2.24) is 0 Å². The standard InChI is InChI=1S/C19H22O6S2/c1-15-4-8-18(9-5-15)26(20,21)24-13-12-17(3)14-25-27(22,23)19-10-6-16(2)7-11-19/h4-11H,3,12-14H2,1-2H3. The molecule has 0 unspecified atom stereocenters. The van der Waals surface area contributed by atoms with E-state index in [1.807, 2.05) is 13.8 Å². The third-order valence-electron chi connectivity index (χ3n) is 3.73. The van der Waals surface area contributed by atoms with Crippen molar-refractivity contribution in [3.63, 3.8) is 0 Å². The minimum Gasteiger partial charge on any atom is -0.266 e. The van der Waals surface area contributed by atoms with Crippen molar-refractivity contribution < 1.29 is 25.2 Å². The fourth-order valence-electron chi connectivity index (χ4n) is 2.07. The first-order chi connectivity index (χ1) is 12.6. The van der Waals surface area contributed by atoms with Crippen LogP contribution < -0.4 is 0 Å². The van der Waals surface area contributed by atoms with Crippen LogP contribution in [0.15, 0.2) is 70.5 Å². The molecule has 0 aliphatic carbocycles. The van der Waals surface area contributed by atoms with Crippen molar-refractivity contribution in [1.29, 1.82) is 0 Å². The van der Waals surface area contributed by atoms with E-state index in [0.717, 1.165) is 11.1 Å². The van der Waals surface area contributed by atoms with Crippen LogP contribution in [0.2, 0.25) is 0 Å². The van der Waals surface area contributed by atoms with E-state index < -0.39 is 20.2 Å². The van der Waals surface area contributed by atoms with Gasteiger partial charge in [-0.2, -0.15) is 16.8 Å². The van der Waals surface area contributed by atoms with Crippen LogP contribution >= 0.6 is 0 Å². The predicted molar refractivity (Wildman–Crippen MR) is 102 cm³/mol. The summed E-state index contributed by atoms with van der Waals surface area (Å²) in [5.41, 5.74) is 2.28. The number of hydrogen-bond donors (Lipinski definition) is 0. The molecule has 27 heavy (non-hydrogen) atoms. The summed E-state index contributed by atoms with van der Waals surface area (Å²) < 4.78 is 58.3. The van der Waals surface area contributed by atoms with Gasteiger partial charge >= 0.3 is 0 Å². The zero-order valence-electron chi connectivity index (χ0n) is 15.2. The van der Waals surface area contributed by atoms with Gasteiger partial charge in [0.05, 0.1) is 23.0 Å². The summed E-state index contributed by atoms with van der Waals surface area (Å²) in [6.07, 6.45) is 0.147. The lowest BCUT2D eigenvalue weighted by Gasteiger charge is -2.09. The molecule has 0 spiro atoms. The summed E-state index contributed by atoms with van der Waals surface area (Å²) in [5, 5.41) is 0. The van der Waals surface area contributed by atoms with E-state index in [1.54, 1.807) is 24.3 Å². The normalized spacial score (nSPS) is 12.1. The molecule has 6 nitrogen and oxygen atoms in total. The van der Waals surface area contributed by atoms with Crippen LogP contribution in [-0.4, -0.2) is 30.0 Å². The first kappa shape index (κ1) is 21.3. The van der Waals surface area contributed by atoms with Crippen molar-refractivity contribution >= 4 is 20.2 Å². The molecule has 0 amide bonds. The molecule has 0 saturated heterocycles. The van der Waals surface area contributed by atoms with Crippen LogP contribution in [-0.2, 0) is 28.6 Å². The van der Waals surface area contributed by atoms with Gasteiger partial charge in [0, 0.05) is 0 Å². The smallest absolute Gasteiger partial charge is 0.266 e. The minimum absolute atomic E-state index is 0.0547. The highest BCUT2D eigenvalue weighted by Crippen LogP contribution is 2.16. The van der Waals surface area contributed by atoms with Gasteiger partial charge < -0.3 is 0 Å². The van der Waals surface area contributed by atoms with Gasteiger partial charge in [-0.05, 0) is 50.1 Å². The van der Waals surface area contributed by atoms with E-state index in [-0.39, 0.29) is 29.4 Å². The average molecular weight is 411 g/mol. The molecule has 0 aliphatic heterocycles. The van der Waals surface area contributed by atoms with Gasteiger partial charge in [-0.15, -0.1) is 0 Å². The Bertz CT molecular complexity index is 989. The predicted octanol–water partition coefficient (Wildman–Crippen LogP) is 3.36. The summed E-state index contributed by atoms with van der Waals surface area (Å²) in [7, 11) is -7.76. The Morgan fingerprint density at radius 1 is 0.778 bits per heavy atom. The maximum absolute atomic E-state index is 12.1. The second kappa shape index (κ2) is 8.79. The highest BCUT2D eigenvalue weighted by atomic mass is 32.2. The van der Waals surface area contributed by atoms with Crippen molar-refractivity contribution in [3.8, 4) is 0 Å². The number of rotatable bonds is 9. The Balaban J connectivity index is 1.84. The van der Waals surface area contributed by atoms with Crippen LogP contribution in [0.3, 0.4) is 0 Å². The lowest BCUT2D eigenvalue weighted by molar-refractivity contribution is 0.304. The van der Waals surface area contributed by atoms with Crippen LogP contribution in [0, 0.1) is 13.8 Å². The molecule has 146 valence electrons. The van der Waals surface area contributed by atoms with Crippen LogP contribution in [0.5, 0.6) is 0 Å². The molecular weight excluding hydrogens is 388 g/mol. The average Bonchev–Trinajstić information content (AvgIpc) is 2.61. The summed E-state index contributed by atoms with van der Waals surface area (Å²) in [5.74, 6) is 0. The topological polar surface area (TPSA) is 86.7 Å². The SMILES string of the molecule is C=C(CCOS(=O)(=O)c1ccc(C)cc1)COS(=O)(=O)c1ccc(C)cc1. The molecule has 0 saturated carbocycles. The molecule has 2 aromatic rings. The van der Waals surface area contributed by atoms with E-state index in [2.05, 4.69) is 6.58 Å². The number of benzene rings is 2. The van der Waals surface area contributed by atoms with Gasteiger partial charge in [-0.1, -0.05) is 42.0 Å². The van der Waals surface area contributed by atoms with Gasteiger partial charge in [0.1, 0.15) is 0 Å². The van der Waals surface area contributed by atoms with E-state index in [4.69, 9.17) is 8.37 Å². The van der Waals surface area contributed by atoms with Crippen LogP contribution in [0.4, 0.5) is 0 Å². The molecular formula is C19H22O6S2. The molecule has 2 aromatic carbocycles. The van der Waals surface area contributed by atoms with Crippen LogP contribution in [0.25, 0.3) is 0 Å². The molecule has 0 atom stereocenters. The largest absolute Gasteiger partial charge is 0.297 e. The molecule has 2 rings (SSSR count). The van der Waals surface area contributed by atoms with Gasteiger partial charge in [-0.3, -0.25) is 8.37 Å². The molecule has 0 aromatic heterocycles. The Hall–Kier alpha value is -2.00. The van der Waals surface area contributed by atoms with Gasteiger partial charge in [-0.25, -0.2) is 0 Å². The van der Waals surface area contributed by atoms with Gasteiger partial charge in [0.25, 0.3) is 20.2 Å². The molecule has 0 fully saturated rings. The van der Waals surface area contributed by atoms with E-state index in [0.29, 0.717) is 5.57 Å². The fourth-order valence-corrected chi connectivity index (χ4v) is 3.91. The van der Waals surface area contributed by atoms with Crippen molar-refractivity contribution in [3.05, 3.63) is 71.8 Å². The number of aryl methyl sites for hydroxylation is 2. The monoisotopic (exact) mass is 410 g/mol. The summed E-state index contributed by atoms with van der Waals surface area (Å²) in [6.45, 7) is 7.01. The molecule has 0 radical (unpaired) electrons. The summed E-state index contributed by atoms with van der Waals surface area (Å²) in [4.78, 5) is 0.121. The van der Waals surface area contributed by atoms with Crippen molar-refractivity contribution in [2.24, 2.45) is 0 Å². The Morgan fingerprint density at radius 3 is 1.63 bits per heavy atom. The van der Waals surface area contributed by atoms with E-state index >= 15 is 0 Å². The molecule has 0 aliphatic rings. The third kappa shape index (κ3) is 6.28. The second-order valence-electron chi connectivity index (χ2n) is 6.12. The highest BCUT2D eigenvalue weighted by molar-refractivity contribution is 7.87. The molecule has 0 N–H and O–H groups in total. The molecule has 8 heteroatoms. The Labute approximate surface area is 160 Å². The Morgan fingerprint density at radius 2 is 1.19 bits per heavy atom. The second-order valence-corrected chi connectivity index (χ2v) is 9.35. The third-order valence-corrected chi connectivity index (χ3v) is 6.34. The zero-order chi connectivity index (χ0) is 20.1. The van der Waals surface area contributed by atoms with E-state index in [9.17, 15) is 16.8 Å². The van der Waals surface area contributed by atoms with Crippen molar-refractivity contribution in [2.45, 2.75) is 30.1 Å². The zero-order valence-corrected chi connectivity index (χ0v) is 16.8. The molecule has 0 heterocycles. The summed E-state index contributed by atoms with van der Waals surface area (Å²) >= 11 is 0. The van der Waals surface area contributed by atoms with Crippen molar-refractivity contribution in [2.75, 3.05) is 13.2 Å². The van der Waals surface area contributed by atoms with Gasteiger partial charge in [0.15, 0.2) is 0 Å². The lowest BCUT2D eigenvalue weighted by Crippen LogP contribution is -2.11. The minimum atomic E-state index is -3.89. The first-order valence-electron chi connectivity index (χ1n) is 8.19. The maximum Gasteiger partial charge on any atom is 0.297 e. The van der Waals surface area contributed by atoms with Crippen LogP contribution in [0.1, 0.15) is 17.5 Å². The molecule has 0 bridgehead atoms. The quantitative estimate of drug-likeness (QED) is 0.465. The fraction of sp³-hybridized carbons (Fsp3) is 0.263. The maximum atomic E-state index is 12.1. The van der Waals surface area contributed by atoms with Gasteiger partial charge in [0.2, 0.25) is 0 Å².